The summed E-state index contributed by atoms with van der Waals surface area (Å²) >= 11 is 4.61. The molecule has 2 atom stereocenters. The van der Waals surface area contributed by atoms with Crippen LogP contribution < -0.4 is 11.1 Å². The normalized spacial score (nSPS) is 23.2. The van der Waals surface area contributed by atoms with Crippen molar-refractivity contribution in [2.45, 2.75) is 37.8 Å². The summed E-state index contributed by atoms with van der Waals surface area (Å²) in [6.45, 7) is 0.000959. The van der Waals surface area contributed by atoms with E-state index in [4.69, 9.17) is 5.73 Å². The summed E-state index contributed by atoms with van der Waals surface area (Å²) in [4.78, 5) is 24.8. The van der Waals surface area contributed by atoms with E-state index in [0.717, 1.165) is 12.8 Å². The molecule has 0 aliphatic heterocycles. The Bertz CT molecular complexity index is 348. The lowest BCUT2D eigenvalue weighted by Crippen LogP contribution is -2.51. The number of hydrogen-bond donors (Lipinski definition) is 3. The zero-order chi connectivity index (χ0) is 13.7. The molecule has 2 unspecified atom stereocenters. The molecule has 1 aliphatic rings. The van der Waals surface area contributed by atoms with Crippen LogP contribution in [0.2, 0.25) is 0 Å². The Morgan fingerprint density at radius 3 is 2.61 bits per heavy atom. The molecule has 0 radical (unpaired) electrons. The van der Waals surface area contributed by atoms with Gasteiger partial charge in [-0.3, -0.25) is 9.59 Å². The number of likely N-dealkylation sites (N-methyl/N-ethyl adjacent to an activating group) is 1. The fourth-order valence-corrected chi connectivity index (χ4v) is 2.17. The monoisotopic (exact) mass is 273 g/mol. The molecule has 18 heavy (non-hydrogen) atoms. The topological polar surface area (TPSA) is 95.7 Å². The van der Waals surface area contributed by atoms with Crippen LogP contribution in [0, 0.1) is 0 Å². The number of thiocarbonyl (C=S) groups is 1. The Kier molecular flexibility index (Phi) is 5.49. The molecule has 1 fully saturated rings. The van der Waals surface area contributed by atoms with Gasteiger partial charge >= 0.3 is 11.8 Å². The summed E-state index contributed by atoms with van der Waals surface area (Å²) in [7, 11) is 1.53. The first-order chi connectivity index (χ1) is 8.43. The number of carbonyl (C=O) groups is 2. The molecule has 1 saturated carbocycles. The molecule has 4 N–H and O–H groups in total. The predicted octanol–water partition coefficient (Wildman–Crippen LogP) is -0.849. The van der Waals surface area contributed by atoms with Crippen LogP contribution >= 0.6 is 12.2 Å². The van der Waals surface area contributed by atoms with Crippen molar-refractivity contribution in [3.05, 3.63) is 0 Å². The van der Waals surface area contributed by atoms with Crippen molar-refractivity contribution in [2.75, 3.05) is 13.6 Å². The van der Waals surface area contributed by atoms with Gasteiger partial charge in [0, 0.05) is 7.05 Å². The van der Waals surface area contributed by atoms with Crippen LogP contribution in [0.4, 0.5) is 0 Å². The maximum atomic E-state index is 11.8. The Labute approximate surface area is 112 Å². The lowest BCUT2D eigenvalue weighted by Gasteiger charge is -2.34. The van der Waals surface area contributed by atoms with Gasteiger partial charge in [-0.15, -0.1) is 0 Å². The highest BCUT2D eigenvalue weighted by Gasteiger charge is 2.31. The van der Waals surface area contributed by atoms with Gasteiger partial charge in [0.05, 0.1) is 23.7 Å². The number of nitrogens with zero attached hydrogens (tertiary/aromatic N) is 1. The van der Waals surface area contributed by atoms with E-state index in [0.29, 0.717) is 12.8 Å². The number of nitrogens with two attached hydrogens (primary N) is 1. The second-order valence-corrected chi connectivity index (χ2v) is 5.01. The highest BCUT2D eigenvalue weighted by atomic mass is 32.1. The Hall–Kier alpha value is -1.21. The Morgan fingerprint density at radius 2 is 2.06 bits per heavy atom. The van der Waals surface area contributed by atoms with Crippen LogP contribution in [0.25, 0.3) is 0 Å². The van der Waals surface area contributed by atoms with Crippen LogP contribution in [0.3, 0.4) is 0 Å². The predicted molar refractivity (Wildman–Crippen MR) is 70.8 cm³/mol. The maximum Gasteiger partial charge on any atom is 0.311 e. The van der Waals surface area contributed by atoms with Crippen molar-refractivity contribution >= 4 is 29.0 Å². The third kappa shape index (κ3) is 3.92. The highest BCUT2D eigenvalue weighted by Crippen LogP contribution is 2.22. The summed E-state index contributed by atoms with van der Waals surface area (Å²) in [5.41, 5.74) is 5.23. The number of carbonyl (C=O) groups excluding carboxylic acids is 2. The molecule has 0 aromatic rings. The second-order valence-electron chi connectivity index (χ2n) is 4.48. The van der Waals surface area contributed by atoms with Crippen LogP contribution in [-0.4, -0.2) is 52.5 Å². The molecule has 102 valence electrons. The lowest BCUT2D eigenvalue weighted by molar-refractivity contribution is -0.148. The van der Waals surface area contributed by atoms with Gasteiger partial charge < -0.3 is 21.1 Å². The summed E-state index contributed by atoms with van der Waals surface area (Å²) in [5, 5.41) is 12.2. The van der Waals surface area contributed by atoms with Gasteiger partial charge in [0.15, 0.2) is 0 Å². The number of nitrogens with one attached hydrogen (secondary N) is 1. The van der Waals surface area contributed by atoms with E-state index >= 15 is 0 Å². The summed E-state index contributed by atoms with van der Waals surface area (Å²) in [6, 6.07) is -0.290. The van der Waals surface area contributed by atoms with Crippen molar-refractivity contribution in [1.82, 2.24) is 10.2 Å². The quantitative estimate of drug-likeness (QED) is 0.460. The molecule has 0 spiro atoms. The van der Waals surface area contributed by atoms with E-state index in [1.807, 2.05) is 0 Å². The Morgan fingerprint density at radius 1 is 1.44 bits per heavy atom. The molecule has 0 bridgehead atoms. The number of hydrogen-bond acceptors (Lipinski definition) is 4. The van der Waals surface area contributed by atoms with E-state index in [9.17, 15) is 14.7 Å². The molecule has 1 aliphatic carbocycles. The maximum absolute atomic E-state index is 11.8. The van der Waals surface area contributed by atoms with Crippen LogP contribution in [0.5, 0.6) is 0 Å². The first kappa shape index (κ1) is 14.8. The van der Waals surface area contributed by atoms with Crippen molar-refractivity contribution < 1.29 is 14.7 Å². The van der Waals surface area contributed by atoms with Crippen molar-refractivity contribution in [3.8, 4) is 0 Å². The molecule has 0 saturated heterocycles. The zero-order valence-corrected chi connectivity index (χ0v) is 11.2. The highest BCUT2D eigenvalue weighted by molar-refractivity contribution is 7.80. The molecular formula is C11H19N3O3S. The lowest BCUT2D eigenvalue weighted by atomic mass is 9.91. The van der Waals surface area contributed by atoms with Gasteiger partial charge in [0.25, 0.3) is 0 Å². The van der Waals surface area contributed by atoms with Crippen LogP contribution in [0.15, 0.2) is 0 Å². The minimum absolute atomic E-state index is 0.000959. The van der Waals surface area contributed by atoms with Crippen molar-refractivity contribution in [2.24, 2.45) is 5.73 Å². The van der Waals surface area contributed by atoms with Gasteiger partial charge in [0.2, 0.25) is 0 Å². The largest absolute Gasteiger partial charge is 0.392 e. The van der Waals surface area contributed by atoms with E-state index < -0.39 is 17.9 Å². The van der Waals surface area contributed by atoms with Gasteiger partial charge in [-0.2, -0.15) is 0 Å². The third-order valence-corrected chi connectivity index (χ3v) is 3.27. The fourth-order valence-electron chi connectivity index (χ4n) is 2.10. The second kappa shape index (κ2) is 6.65. The van der Waals surface area contributed by atoms with E-state index in [1.54, 1.807) is 0 Å². The molecule has 7 heteroatoms. The smallest absolute Gasteiger partial charge is 0.311 e. The number of aliphatic hydroxyl groups excluding tert-OH is 1. The van der Waals surface area contributed by atoms with Crippen molar-refractivity contribution in [1.29, 1.82) is 0 Å². The summed E-state index contributed by atoms with van der Waals surface area (Å²) in [5.74, 6) is -1.42. The average molecular weight is 273 g/mol. The summed E-state index contributed by atoms with van der Waals surface area (Å²) < 4.78 is 0. The van der Waals surface area contributed by atoms with Gasteiger partial charge in [0.1, 0.15) is 0 Å². The SMILES string of the molecule is CN(C(=O)C(=O)NCC(N)=S)C1CCCCC1O. The van der Waals surface area contributed by atoms with Gasteiger partial charge in [-0.1, -0.05) is 25.1 Å². The molecule has 0 aromatic carbocycles. The van der Waals surface area contributed by atoms with Gasteiger partial charge in [-0.25, -0.2) is 0 Å². The number of amides is 2. The van der Waals surface area contributed by atoms with E-state index in [1.165, 1.54) is 11.9 Å². The van der Waals surface area contributed by atoms with Crippen LogP contribution in [0.1, 0.15) is 25.7 Å². The average Bonchev–Trinajstić information content (AvgIpc) is 2.34. The first-order valence-electron chi connectivity index (χ1n) is 5.95. The number of rotatable bonds is 3. The van der Waals surface area contributed by atoms with E-state index in [-0.39, 0.29) is 17.6 Å². The van der Waals surface area contributed by atoms with Gasteiger partial charge in [-0.05, 0) is 12.8 Å². The Balaban J connectivity index is 2.54. The molecular weight excluding hydrogens is 254 g/mol. The zero-order valence-electron chi connectivity index (χ0n) is 10.4. The molecule has 0 heterocycles. The molecule has 1 rings (SSSR count). The third-order valence-electron chi connectivity index (χ3n) is 3.13. The van der Waals surface area contributed by atoms with Crippen LogP contribution in [-0.2, 0) is 9.59 Å². The fraction of sp³-hybridized carbons (Fsp3) is 0.727. The first-order valence-corrected chi connectivity index (χ1v) is 6.35. The molecule has 0 aromatic heterocycles. The molecule has 2 amide bonds. The number of aliphatic hydroxyl groups is 1. The van der Waals surface area contributed by atoms with E-state index in [2.05, 4.69) is 17.5 Å². The minimum atomic E-state index is -0.747. The van der Waals surface area contributed by atoms with Crippen molar-refractivity contribution in [3.63, 3.8) is 0 Å². The standard InChI is InChI=1S/C11H19N3O3S/c1-14(7-4-2-3-5-8(7)15)11(17)10(16)13-6-9(12)18/h7-8,15H,2-6H2,1H3,(H2,12,18)(H,13,16). The minimum Gasteiger partial charge on any atom is -0.392 e. The summed E-state index contributed by atoms with van der Waals surface area (Å²) in [6.07, 6.45) is 2.72. The molecule has 6 nitrogen and oxygen atoms in total.